The molecule has 0 radical (unpaired) electrons. The number of benzene rings is 2. The van der Waals surface area contributed by atoms with E-state index >= 15 is 0 Å². The molecule has 0 fully saturated rings. The van der Waals surface area contributed by atoms with Crippen LogP contribution in [0.1, 0.15) is 22.0 Å². The molecule has 0 amide bonds. The topological polar surface area (TPSA) is 59.4 Å². The summed E-state index contributed by atoms with van der Waals surface area (Å²) in [4.78, 5) is 13.8. The van der Waals surface area contributed by atoms with Crippen LogP contribution in [0.5, 0.6) is 0 Å². The van der Waals surface area contributed by atoms with Crippen LogP contribution in [0.4, 0.5) is 0 Å². The molecule has 0 aliphatic carbocycles. The molecule has 5 rings (SSSR count). The number of hydrogen-bond acceptors (Lipinski definition) is 4. The minimum Gasteiger partial charge on any atom is -0.342 e. The van der Waals surface area contributed by atoms with Gasteiger partial charge in [-0.3, -0.25) is 4.68 Å². The number of nitrogens with one attached hydrogen (secondary N) is 1. The molecule has 1 N–H and O–H groups in total. The summed E-state index contributed by atoms with van der Waals surface area (Å²) >= 11 is 1.71. The van der Waals surface area contributed by atoms with Crippen LogP contribution in [-0.4, -0.2) is 24.7 Å². The quantitative estimate of drug-likeness (QED) is 0.436. The molecule has 5 nitrogen and oxygen atoms in total. The predicted molar refractivity (Wildman–Crippen MR) is 117 cm³/mol. The number of thiazole rings is 1. The number of nitrogens with zero attached hydrogens (tertiary/aromatic N) is 4. The first kappa shape index (κ1) is 17.8. The van der Waals surface area contributed by atoms with E-state index in [9.17, 15) is 0 Å². The summed E-state index contributed by atoms with van der Waals surface area (Å²) in [6, 6.07) is 18.8. The number of fused-ring (bicyclic) bond motifs is 1. The molecule has 0 aliphatic rings. The van der Waals surface area contributed by atoms with Crippen molar-refractivity contribution in [1.29, 1.82) is 0 Å². The van der Waals surface area contributed by atoms with Gasteiger partial charge in [0.25, 0.3) is 0 Å². The summed E-state index contributed by atoms with van der Waals surface area (Å²) in [5, 5.41) is 4.76. The van der Waals surface area contributed by atoms with Gasteiger partial charge in [-0.15, -0.1) is 11.3 Å². The van der Waals surface area contributed by atoms with E-state index < -0.39 is 0 Å². The Morgan fingerprint density at radius 2 is 1.97 bits per heavy atom. The second kappa shape index (κ2) is 7.64. The van der Waals surface area contributed by atoms with Crippen LogP contribution in [-0.2, 0) is 19.4 Å². The SMILES string of the molecule is Cc1ncsc1CCn1ccc(-c2ccc3nc(Cc4ccccc4)[nH]c3c2)n1. The van der Waals surface area contributed by atoms with Gasteiger partial charge in [-0.2, -0.15) is 5.10 Å². The number of hydrogen-bond donors (Lipinski definition) is 1. The molecule has 0 atom stereocenters. The number of aromatic amines is 1. The standard InChI is InChI=1S/C23H21N5S/c1-16-22(29-15-24-16)10-12-28-11-9-19(27-28)18-7-8-20-21(14-18)26-23(25-20)13-17-5-3-2-4-6-17/h2-9,11,14-15H,10,12-13H2,1H3,(H,25,26). The van der Waals surface area contributed by atoms with E-state index in [2.05, 4.69) is 65.4 Å². The maximum atomic E-state index is 4.76. The average Bonchev–Trinajstić information content (AvgIpc) is 3.46. The Labute approximate surface area is 173 Å². The van der Waals surface area contributed by atoms with Gasteiger partial charge >= 0.3 is 0 Å². The maximum absolute atomic E-state index is 4.76. The Hall–Kier alpha value is -3.25. The van der Waals surface area contributed by atoms with Crippen molar-refractivity contribution < 1.29 is 0 Å². The van der Waals surface area contributed by atoms with Gasteiger partial charge < -0.3 is 4.98 Å². The zero-order valence-electron chi connectivity index (χ0n) is 16.2. The van der Waals surface area contributed by atoms with Crippen molar-refractivity contribution in [3.8, 4) is 11.3 Å². The van der Waals surface area contributed by atoms with Crippen LogP contribution >= 0.6 is 11.3 Å². The Bertz CT molecular complexity index is 1250. The van der Waals surface area contributed by atoms with Crippen molar-refractivity contribution in [2.45, 2.75) is 26.3 Å². The number of rotatable bonds is 6. The van der Waals surface area contributed by atoms with Crippen molar-refractivity contribution in [2.75, 3.05) is 0 Å². The number of aromatic nitrogens is 5. The van der Waals surface area contributed by atoms with E-state index in [0.29, 0.717) is 0 Å². The number of aryl methyl sites for hydroxylation is 3. The third kappa shape index (κ3) is 3.84. The van der Waals surface area contributed by atoms with Gasteiger partial charge in [0.2, 0.25) is 0 Å². The molecule has 0 spiro atoms. The zero-order chi connectivity index (χ0) is 19.6. The monoisotopic (exact) mass is 399 g/mol. The molecule has 3 heterocycles. The third-order valence-electron chi connectivity index (χ3n) is 5.09. The second-order valence-electron chi connectivity index (χ2n) is 7.15. The van der Waals surface area contributed by atoms with Gasteiger partial charge in [0, 0.05) is 36.0 Å². The molecule has 144 valence electrons. The fourth-order valence-corrected chi connectivity index (χ4v) is 4.29. The first-order valence-electron chi connectivity index (χ1n) is 9.70. The zero-order valence-corrected chi connectivity index (χ0v) is 17.0. The van der Waals surface area contributed by atoms with Gasteiger partial charge in [0.1, 0.15) is 5.82 Å². The minimum atomic E-state index is 0.802. The lowest BCUT2D eigenvalue weighted by molar-refractivity contribution is 0.619. The van der Waals surface area contributed by atoms with Crippen molar-refractivity contribution in [3.63, 3.8) is 0 Å². The normalized spacial score (nSPS) is 11.3. The smallest absolute Gasteiger partial charge is 0.111 e. The molecule has 0 unspecified atom stereocenters. The van der Waals surface area contributed by atoms with Crippen LogP contribution in [0.3, 0.4) is 0 Å². The van der Waals surface area contributed by atoms with Gasteiger partial charge in [-0.25, -0.2) is 9.97 Å². The summed E-state index contributed by atoms with van der Waals surface area (Å²) in [5.41, 5.74) is 8.39. The molecule has 0 aliphatic heterocycles. The van der Waals surface area contributed by atoms with Crippen molar-refractivity contribution >= 4 is 22.4 Å². The predicted octanol–water partition coefficient (Wildman–Crippen LogP) is 5.02. The minimum absolute atomic E-state index is 0.802. The lowest BCUT2D eigenvalue weighted by Crippen LogP contribution is -2.02. The lowest BCUT2D eigenvalue weighted by atomic mass is 10.1. The first-order chi connectivity index (χ1) is 14.2. The number of H-pyrrole nitrogens is 1. The van der Waals surface area contributed by atoms with E-state index in [4.69, 9.17) is 10.1 Å². The molecular weight excluding hydrogens is 378 g/mol. The molecular formula is C23H21N5S. The third-order valence-corrected chi connectivity index (χ3v) is 6.09. The molecule has 0 saturated heterocycles. The summed E-state index contributed by atoms with van der Waals surface area (Å²) < 4.78 is 2.01. The van der Waals surface area contributed by atoms with Crippen molar-refractivity contribution in [2.24, 2.45) is 0 Å². The average molecular weight is 400 g/mol. The summed E-state index contributed by atoms with van der Waals surface area (Å²) in [6.07, 6.45) is 3.81. The molecule has 6 heteroatoms. The highest BCUT2D eigenvalue weighted by atomic mass is 32.1. The van der Waals surface area contributed by atoms with Crippen molar-refractivity contribution in [3.05, 3.63) is 88.3 Å². The van der Waals surface area contributed by atoms with Crippen LogP contribution in [0.25, 0.3) is 22.3 Å². The Kier molecular flexibility index (Phi) is 4.69. The highest BCUT2D eigenvalue weighted by Crippen LogP contribution is 2.23. The molecule has 29 heavy (non-hydrogen) atoms. The van der Waals surface area contributed by atoms with E-state index in [-0.39, 0.29) is 0 Å². The molecule has 5 aromatic rings. The Balaban J connectivity index is 1.34. The Morgan fingerprint density at radius 3 is 2.79 bits per heavy atom. The fraction of sp³-hybridized carbons (Fsp3) is 0.174. The van der Waals surface area contributed by atoms with E-state index in [1.807, 2.05) is 22.5 Å². The summed E-state index contributed by atoms with van der Waals surface area (Å²) in [5.74, 6) is 0.980. The summed E-state index contributed by atoms with van der Waals surface area (Å²) in [7, 11) is 0. The largest absolute Gasteiger partial charge is 0.342 e. The van der Waals surface area contributed by atoms with E-state index in [1.54, 1.807) is 11.3 Å². The van der Waals surface area contributed by atoms with Crippen molar-refractivity contribution in [1.82, 2.24) is 24.7 Å². The fourth-order valence-electron chi connectivity index (χ4n) is 3.52. The second-order valence-corrected chi connectivity index (χ2v) is 8.09. The van der Waals surface area contributed by atoms with Crippen LogP contribution in [0.2, 0.25) is 0 Å². The highest BCUT2D eigenvalue weighted by molar-refractivity contribution is 7.09. The van der Waals surface area contributed by atoms with Gasteiger partial charge in [0.15, 0.2) is 0 Å². The van der Waals surface area contributed by atoms with Gasteiger partial charge in [-0.1, -0.05) is 36.4 Å². The molecule has 0 bridgehead atoms. The highest BCUT2D eigenvalue weighted by Gasteiger charge is 2.09. The van der Waals surface area contributed by atoms with E-state index in [1.165, 1.54) is 10.4 Å². The summed E-state index contributed by atoms with van der Waals surface area (Å²) in [6.45, 7) is 2.92. The Morgan fingerprint density at radius 1 is 1.07 bits per heavy atom. The van der Waals surface area contributed by atoms with Crippen LogP contribution in [0.15, 0.2) is 66.3 Å². The lowest BCUT2D eigenvalue weighted by Gasteiger charge is -2.01. The molecule has 0 saturated carbocycles. The van der Waals surface area contributed by atoms with Crippen LogP contribution in [0, 0.1) is 6.92 Å². The number of imidazole rings is 1. The van der Waals surface area contributed by atoms with Crippen LogP contribution < -0.4 is 0 Å². The molecule has 2 aromatic carbocycles. The first-order valence-corrected chi connectivity index (χ1v) is 10.6. The maximum Gasteiger partial charge on any atom is 0.111 e. The van der Waals surface area contributed by atoms with Gasteiger partial charge in [-0.05, 0) is 30.7 Å². The molecule has 3 aromatic heterocycles. The van der Waals surface area contributed by atoms with E-state index in [0.717, 1.165) is 53.2 Å². The van der Waals surface area contributed by atoms with Gasteiger partial charge in [0.05, 0.1) is 27.9 Å².